The van der Waals surface area contributed by atoms with Gasteiger partial charge in [0.2, 0.25) is 0 Å². The highest BCUT2D eigenvalue weighted by Crippen LogP contribution is 2.17. The number of fused-ring (bicyclic) bond motifs is 1. The van der Waals surface area contributed by atoms with E-state index in [1.807, 2.05) is 61.5 Å². The normalized spacial score (nSPS) is 11.1. The minimum absolute atomic E-state index is 0.00139. The van der Waals surface area contributed by atoms with Crippen LogP contribution in [0, 0.1) is 30.4 Å². The zero-order valence-electron chi connectivity index (χ0n) is 28.3. The third-order valence-corrected chi connectivity index (χ3v) is 8.38. The monoisotopic (exact) mass is 664 g/mol. The summed E-state index contributed by atoms with van der Waals surface area (Å²) in [6.45, 7) is 3.12. The van der Waals surface area contributed by atoms with Crippen molar-refractivity contribution in [1.82, 2.24) is 29.1 Å². The van der Waals surface area contributed by atoms with E-state index < -0.39 is 17.2 Å². The van der Waals surface area contributed by atoms with E-state index >= 15 is 0 Å². The minimum Gasteiger partial charge on any atom is -0.340 e. The van der Waals surface area contributed by atoms with Gasteiger partial charge in [-0.25, -0.2) is 23.4 Å². The van der Waals surface area contributed by atoms with Gasteiger partial charge in [0.25, 0.3) is 11.5 Å². The van der Waals surface area contributed by atoms with Crippen LogP contribution in [-0.2, 0) is 20.0 Å². The maximum atomic E-state index is 13.7. The molecule has 252 valence electrons. The van der Waals surface area contributed by atoms with E-state index in [2.05, 4.69) is 16.8 Å². The Morgan fingerprint density at radius 1 is 0.918 bits per heavy atom. The standard InChI is InChI=1S/C38H38F2N6O3/c1-25-36(38(49)46(45(25)5)24-28-12-16-31(39)32(40)21-28)34(47)9-7-6-8-26-13-17-33-30(20-26)23-41-35(42-33)22-27-10-14-29(15-11-27)37(48)44(4)19-18-43(2)3/h10-17,20-21,23H,7,9,18-19,22,24H2,1-5H3. The lowest BCUT2D eigenvalue weighted by Crippen LogP contribution is -2.33. The molecule has 0 aliphatic carbocycles. The van der Waals surface area contributed by atoms with E-state index in [0.29, 0.717) is 35.6 Å². The summed E-state index contributed by atoms with van der Waals surface area (Å²) in [5.74, 6) is 4.45. The summed E-state index contributed by atoms with van der Waals surface area (Å²) in [6.07, 6.45) is 2.58. The van der Waals surface area contributed by atoms with Crippen molar-refractivity contribution in [2.45, 2.75) is 32.7 Å². The molecule has 9 nitrogen and oxygen atoms in total. The molecule has 2 aromatic heterocycles. The lowest BCUT2D eigenvalue weighted by atomic mass is 10.1. The summed E-state index contributed by atoms with van der Waals surface area (Å²) in [5.41, 5.74) is 3.64. The second kappa shape index (κ2) is 15.2. The van der Waals surface area contributed by atoms with Crippen LogP contribution in [0.4, 0.5) is 8.78 Å². The van der Waals surface area contributed by atoms with Gasteiger partial charge < -0.3 is 9.80 Å². The van der Waals surface area contributed by atoms with Crippen LogP contribution in [0.15, 0.2) is 71.7 Å². The van der Waals surface area contributed by atoms with E-state index in [1.54, 1.807) is 36.8 Å². The highest BCUT2D eigenvalue weighted by molar-refractivity contribution is 5.97. The van der Waals surface area contributed by atoms with Gasteiger partial charge in [0.15, 0.2) is 17.4 Å². The molecule has 0 aliphatic rings. The van der Waals surface area contributed by atoms with Crippen LogP contribution in [0.1, 0.15) is 61.8 Å². The number of carbonyl (C=O) groups excluding carboxylic acids is 2. The first-order chi connectivity index (χ1) is 23.4. The molecule has 11 heteroatoms. The van der Waals surface area contributed by atoms with Gasteiger partial charge in [0.1, 0.15) is 11.4 Å². The van der Waals surface area contributed by atoms with Crippen molar-refractivity contribution >= 4 is 22.6 Å². The number of hydrogen-bond donors (Lipinski definition) is 0. The van der Waals surface area contributed by atoms with Gasteiger partial charge in [-0.05, 0) is 74.6 Å². The molecule has 1 amide bonds. The lowest BCUT2D eigenvalue weighted by molar-refractivity contribution is 0.0786. The van der Waals surface area contributed by atoms with Gasteiger partial charge in [0, 0.05) is 74.9 Å². The van der Waals surface area contributed by atoms with Crippen LogP contribution in [0.3, 0.4) is 0 Å². The molecule has 0 N–H and O–H groups in total. The number of ketones is 1. The number of Topliss-reactive ketones (excluding diaryl/α,β-unsaturated/α-hetero) is 1. The molecule has 0 atom stereocenters. The summed E-state index contributed by atoms with van der Waals surface area (Å²) in [7, 11) is 7.40. The molecular weight excluding hydrogens is 626 g/mol. The molecule has 49 heavy (non-hydrogen) atoms. The number of rotatable bonds is 11. The first-order valence-corrected chi connectivity index (χ1v) is 15.9. The van der Waals surface area contributed by atoms with Crippen LogP contribution < -0.4 is 5.56 Å². The van der Waals surface area contributed by atoms with Crippen molar-refractivity contribution in [3.05, 3.63) is 128 Å². The highest BCUT2D eigenvalue weighted by atomic mass is 19.2. The molecule has 0 saturated carbocycles. The molecule has 3 aromatic carbocycles. The summed E-state index contributed by atoms with van der Waals surface area (Å²) in [4.78, 5) is 51.8. The summed E-state index contributed by atoms with van der Waals surface area (Å²) < 4.78 is 29.9. The smallest absolute Gasteiger partial charge is 0.278 e. The van der Waals surface area contributed by atoms with Crippen LogP contribution in [0.25, 0.3) is 10.9 Å². The van der Waals surface area contributed by atoms with Gasteiger partial charge in [-0.2, -0.15) is 0 Å². The summed E-state index contributed by atoms with van der Waals surface area (Å²) >= 11 is 0. The lowest BCUT2D eigenvalue weighted by Gasteiger charge is -2.19. The van der Waals surface area contributed by atoms with Gasteiger partial charge in [-0.3, -0.25) is 19.1 Å². The summed E-state index contributed by atoms with van der Waals surface area (Å²) in [6, 6.07) is 16.6. The quantitative estimate of drug-likeness (QED) is 0.146. The van der Waals surface area contributed by atoms with Crippen molar-refractivity contribution in [2.24, 2.45) is 7.05 Å². The SMILES string of the molecule is Cc1c(C(=O)CCC#Cc2ccc3nc(Cc4ccc(C(=O)N(C)CCN(C)C)cc4)ncc3c2)c(=O)n(Cc2ccc(F)c(F)c2)n1C. The Hall–Kier alpha value is -5.47. The fourth-order valence-corrected chi connectivity index (χ4v) is 5.39. The van der Waals surface area contributed by atoms with Crippen molar-refractivity contribution < 1.29 is 18.4 Å². The van der Waals surface area contributed by atoms with E-state index in [-0.39, 0.29) is 36.6 Å². The Labute approximate surface area is 283 Å². The number of likely N-dealkylation sites (N-methyl/N-ethyl adjacent to an activating group) is 2. The van der Waals surface area contributed by atoms with Crippen molar-refractivity contribution in [3.63, 3.8) is 0 Å². The molecule has 0 unspecified atom stereocenters. The molecule has 0 fully saturated rings. The number of halogens is 2. The van der Waals surface area contributed by atoms with Crippen molar-refractivity contribution in [1.29, 1.82) is 0 Å². The fourth-order valence-electron chi connectivity index (χ4n) is 5.39. The van der Waals surface area contributed by atoms with Crippen molar-refractivity contribution in [3.8, 4) is 11.8 Å². The zero-order chi connectivity index (χ0) is 35.2. The molecule has 0 aliphatic heterocycles. The van der Waals surface area contributed by atoms with Gasteiger partial charge in [-0.1, -0.05) is 30.0 Å². The van der Waals surface area contributed by atoms with E-state index in [1.165, 1.54) is 10.7 Å². The Balaban J connectivity index is 1.18. The predicted octanol–water partition coefficient (Wildman–Crippen LogP) is 5.00. The Kier molecular flexibility index (Phi) is 10.8. The van der Waals surface area contributed by atoms with Gasteiger partial charge >= 0.3 is 0 Å². The number of nitrogens with zero attached hydrogens (tertiary/aromatic N) is 6. The molecule has 0 spiro atoms. The van der Waals surface area contributed by atoms with Gasteiger partial charge in [0.05, 0.1) is 12.1 Å². The van der Waals surface area contributed by atoms with Crippen LogP contribution in [0.2, 0.25) is 0 Å². The van der Waals surface area contributed by atoms with Crippen LogP contribution in [0.5, 0.6) is 0 Å². The first kappa shape index (κ1) is 34.9. The predicted molar refractivity (Wildman–Crippen MR) is 185 cm³/mol. The Morgan fingerprint density at radius 3 is 2.37 bits per heavy atom. The highest BCUT2D eigenvalue weighted by Gasteiger charge is 2.21. The zero-order valence-corrected chi connectivity index (χ0v) is 28.3. The molecular formula is C38H38F2N6O3. The molecule has 0 radical (unpaired) electrons. The Bertz CT molecular complexity index is 2140. The van der Waals surface area contributed by atoms with E-state index in [9.17, 15) is 23.2 Å². The number of hydrogen-bond acceptors (Lipinski definition) is 6. The van der Waals surface area contributed by atoms with Crippen molar-refractivity contribution in [2.75, 3.05) is 34.2 Å². The molecule has 2 heterocycles. The number of aromatic nitrogens is 4. The van der Waals surface area contributed by atoms with Crippen LogP contribution >= 0.6 is 0 Å². The number of carbonyl (C=O) groups is 2. The second-order valence-electron chi connectivity index (χ2n) is 12.3. The second-order valence-corrected chi connectivity index (χ2v) is 12.3. The maximum absolute atomic E-state index is 13.7. The van der Waals surface area contributed by atoms with Crippen LogP contribution in [-0.4, -0.2) is 75.1 Å². The van der Waals surface area contributed by atoms with E-state index in [4.69, 9.17) is 4.98 Å². The third-order valence-electron chi connectivity index (χ3n) is 8.38. The average molecular weight is 665 g/mol. The third kappa shape index (κ3) is 8.34. The fraction of sp³-hybridized carbons (Fsp3) is 0.289. The number of benzene rings is 3. The summed E-state index contributed by atoms with van der Waals surface area (Å²) in [5, 5.41) is 0.829. The minimum atomic E-state index is -0.998. The largest absolute Gasteiger partial charge is 0.340 e. The molecule has 5 rings (SSSR count). The average Bonchev–Trinajstić information content (AvgIpc) is 3.29. The topological polar surface area (TPSA) is 93.3 Å². The number of amides is 1. The molecule has 5 aromatic rings. The first-order valence-electron chi connectivity index (χ1n) is 15.9. The Morgan fingerprint density at radius 2 is 1.65 bits per heavy atom. The molecule has 0 saturated heterocycles. The molecule has 0 bridgehead atoms. The maximum Gasteiger partial charge on any atom is 0.278 e. The van der Waals surface area contributed by atoms with Gasteiger partial charge in [-0.15, -0.1) is 0 Å². The van der Waals surface area contributed by atoms with E-state index in [0.717, 1.165) is 40.7 Å².